The highest BCUT2D eigenvalue weighted by Gasteiger charge is 2.32. The van der Waals surface area contributed by atoms with Gasteiger partial charge in [0.25, 0.3) is 5.91 Å². The lowest BCUT2D eigenvalue weighted by Crippen LogP contribution is -2.50. The number of halogens is 1. The van der Waals surface area contributed by atoms with Crippen LogP contribution < -0.4 is 10.6 Å². The normalized spacial score (nSPS) is 19.4. The third kappa shape index (κ3) is 4.82. The minimum atomic E-state index is -0.579. The second-order valence-corrected chi connectivity index (χ2v) is 9.14. The van der Waals surface area contributed by atoms with Crippen LogP contribution in [-0.2, 0) is 9.59 Å². The van der Waals surface area contributed by atoms with Crippen molar-refractivity contribution in [2.75, 3.05) is 13.1 Å². The van der Waals surface area contributed by atoms with Crippen molar-refractivity contribution >= 4 is 45.0 Å². The monoisotopic (exact) mass is 427 g/mol. The van der Waals surface area contributed by atoms with E-state index in [1.54, 1.807) is 17.9 Å². The third-order valence-electron chi connectivity index (χ3n) is 4.62. The molecule has 1 saturated carbocycles. The van der Waals surface area contributed by atoms with Crippen molar-refractivity contribution in [3.8, 4) is 0 Å². The molecule has 0 spiro atoms. The number of rotatable bonds is 5. The first-order valence-corrected chi connectivity index (χ1v) is 10.2. The molecule has 1 aliphatic heterocycles. The van der Waals surface area contributed by atoms with Crippen LogP contribution in [0, 0.1) is 5.92 Å². The Balaban J connectivity index is 1.46. The van der Waals surface area contributed by atoms with Crippen LogP contribution >= 0.6 is 27.3 Å². The van der Waals surface area contributed by atoms with Gasteiger partial charge >= 0.3 is 0 Å². The van der Waals surface area contributed by atoms with Crippen LogP contribution in [0.4, 0.5) is 0 Å². The molecule has 2 heterocycles. The average molecular weight is 428 g/mol. The smallest absolute Gasteiger partial charge is 0.262 e. The highest BCUT2D eigenvalue weighted by atomic mass is 79.9. The van der Waals surface area contributed by atoms with Crippen LogP contribution in [0.1, 0.15) is 42.3 Å². The Morgan fingerprint density at radius 3 is 2.44 bits per heavy atom. The molecule has 1 aromatic heterocycles. The van der Waals surface area contributed by atoms with E-state index >= 15 is 0 Å². The zero-order valence-electron chi connectivity index (χ0n) is 14.1. The van der Waals surface area contributed by atoms with Gasteiger partial charge in [-0.15, -0.1) is 11.3 Å². The number of hydrogen-bond acceptors (Lipinski definition) is 4. The minimum Gasteiger partial charge on any atom is -0.353 e. The van der Waals surface area contributed by atoms with Crippen LogP contribution in [-0.4, -0.2) is 47.8 Å². The first kappa shape index (κ1) is 18.4. The van der Waals surface area contributed by atoms with Gasteiger partial charge in [0, 0.05) is 25.0 Å². The average Bonchev–Trinajstić information content (AvgIpc) is 3.31. The topological polar surface area (TPSA) is 78.5 Å². The molecule has 1 unspecified atom stereocenters. The van der Waals surface area contributed by atoms with E-state index in [0.29, 0.717) is 36.9 Å². The molecule has 0 aromatic carbocycles. The van der Waals surface area contributed by atoms with Crippen LogP contribution in [0.25, 0.3) is 0 Å². The Hall–Kier alpha value is -1.41. The molecular formula is C17H22BrN3O3S. The van der Waals surface area contributed by atoms with Gasteiger partial charge in [0.2, 0.25) is 11.8 Å². The van der Waals surface area contributed by atoms with Crippen molar-refractivity contribution in [2.24, 2.45) is 5.92 Å². The number of carbonyl (C=O) groups is 3. The van der Waals surface area contributed by atoms with E-state index in [2.05, 4.69) is 26.6 Å². The van der Waals surface area contributed by atoms with Crippen LogP contribution in [0.2, 0.25) is 0 Å². The molecule has 2 fully saturated rings. The summed E-state index contributed by atoms with van der Waals surface area (Å²) in [5.41, 5.74) is 0. The largest absolute Gasteiger partial charge is 0.353 e. The fourth-order valence-corrected chi connectivity index (χ4v) is 4.24. The molecule has 2 aliphatic rings. The summed E-state index contributed by atoms with van der Waals surface area (Å²) in [6.07, 6.45) is 3.54. The van der Waals surface area contributed by atoms with E-state index in [9.17, 15) is 14.4 Å². The lowest BCUT2D eigenvalue weighted by atomic mass is 9.95. The van der Waals surface area contributed by atoms with Crippen LogP contribution in [0.15, 0.2) is 15.9 Å². The molecule has 1 aromatic rings. The van der Waals surface area contributed by atoms with Crippen LogP contribution in [0.3, 0.4) is 0 Å². The predicted molar refractivity (Wildman–Crippen MR) is 99.4 cm³/mol. The van der Waals surface area contributed by atoms with Gasteiger partial charge in [-0.2, -0.15) is 0 Å². The second-order valence-electron chi connectivity index (χ2n) is 6.68. The standard InChI is InChI=1S/C17H22BrN3O3S/c1-10(19-16(23)13-4-5-14(18)25-13)17(24)21-8-6-11(7-9-21)15(22)20-12-2-3-12/h4-5,10-12H,2-3,6-9H2,1H3,(H,19,23)(H,20,22). The molecular weight excluding hydrogens is 406 g/mol. The predicted octanol–water partition coefficient (Wildman–Crippen LogP) is 2.15. The van der Waals surface area contributed by atoms with Crippen molar-refractivity contribution < 1.29 is 14.4 Å². The molecule has 1 saturated heterocycles. The van der Waals surface area contributed by atoms with E-state index < -0.39 is 6.04 Å². The maximum absolute atomic E-state index is 12.5. The first-order valence-electron chi connectivity index (χ1n) is 8.59. The first-order chi connectivity index (χ1) is 11.9. The highest BCUT2D eigenvalue weighted by Crippen LogP contribution is 2.24. The van der Waals surface area contributed by atoms with Crippen molar-refractivity contribution in [3.05, 3.63) is 20.8 Å². The Kier molecular flexibility index (Phi) is 5.78. The summed E-state index contributed by atoms with van der Waals surface area (Å²) in [6, 6.07) is 3.33. The molecule has 25 heavy (non-hydrogen) atoms. The molecule has 0 bridgehead atoms. The van der Waals surface area contributed by atoms with Crippen LogP contribution in [0.5, 0.6) is 0 Å². The molecule has 0 radical (unpaired) electrons. The summed E-state index contributed by atoms with van der Waals surface area (Å²) in [5.74, 6) is -0.211. The molecule has 3 amide bonds. The lowest BCUT2D eigenvalue weighted by Gasteiger charge is -2.33. The summed E-state index contributed by atoms with van der Waals surface area (Å²) in [7, 11) is 0. The Morgan fingerprint density at radius 1 is 1.20 bits per heavy atom. The Morgan fingerprint density at radius 2 is 1.88 bits per heavy atom. The fourth-order valence-electron chi connectivity index (χ4n) is 2.95. The summed E-state index contributed by atoms with van der Waals surface area (Å²) in [6.45, 7) is 2.83. The van der Waals surface area contributed by atoms with E-state index in [4.69, 9.17) is 0 Å². The quantitative estimate of drug-likeness (QED) is 0.755. The fraction of sp³-hybridized carbons (Fsp3) is 0.588. The molecule has 6 nitrogen and oxygen atoms in total. The lowest BCUT2D eigenvalue weighted by molar-refractivity contribution is -0.136. The number of amides is 3. The number of likely N-dealkylation sites (tertiary alicyclic amines) is 1. The maximum atomic E-state index is 12.5. The second kappa shape index (κ2) is 7.86. The molecule has 2 N–H and O–H groups in total. The number of piperidine rings is 1. The Bertz CT molecular complexity index is 666. The van der Waals surface area contributed by atoms with Gasteiger partial charge in [0.1, 0.15) is 6.04 Å². The summed E-state index contributed by atoms with van der Waals surface area (Å²) >= 11 is 4.66. The number of nitrogens with zero attached hydrogens (tertiary/aromatic N) is 1. The van der Waals surface area contributed by atoms with E-state index in [1.165, 1.54) is 11.3 Å². The van der Waals surface area contributed by atoms with Crippen molar-refractivity contribution in [1.82, 2.24) is 15.5 Å². The van der Waals surface area contributed by atoms with Crippen molar-refractivity contribution in [3.63, 3.8) is 0 Å². The SMILES string of the molecule is CC(NC(=O)c1ccc(Br)s1)C(=O)N1CCC(C(=O)NC2CC2)CC1. The maximum Gasteiger partial charge on any atom is 0.262 e. The van der Waals surface area contributed by atoms with Gasteiger partial charge in [-0.05, 0) is 60.7 Å². The number of nitrogens with one attached hydrogen (secondary N) is 2. The summed E-state index contributed by atoms with van der Waals surface area (Å²) < 4.78 is 0.878. The number of carbonyl (C=O) groups excluding carboxylic acids is 3. The third-order valence-corrected chi connectivity index (χ3v) is 6.24. The van der Waals surface area contributed by atoms with Gasteiger partial charge in [-0.1, -0.05) is 0 Å². The van der Waals surface area contributed by atoms with E-state index in [0.717, 1.165) is 16.6 Å². The van der Waals surface area contributed by atoms with Gasteiger partial charge in [0.15, 0.2) is 0 Å². The highest BCUT2D eigenvalue weighted by molar-refractivity contribution is 9.11. The zero-order valence-corrected chi connectivity index (χ0v) is 16.5. The number of hydrogen-bond donors (Lipinski definition) is 2. The van der Waals surface area contributed by atoms with Gasteiger partial charge < -0.3 is 15.5 Å². The van der Waals surface area contributed by atoms with E-state index in [1.807, 2.05) is 6.07 Å². The molecule has 136 valence electrons. The molecule has 3 rings (SSSR count). The zero-order chi connectivity index (χ0) is 18.0. The molecule has 1 atom stereocenters. The van der Waals surface area contributed by atoms with Crippen molar-refractivity contribution in [2.45, 2.75) is 44.7 Å². The van der Waals surface area contributed by atoms with E-state index in [-0.39, 0.29) is 23.6 Å². The molecule has 1 aliphatic carbocycles. The Labute approximate surface area is 159 Å². The molecule has 8 heteroatoms. The summed E-state index contributed by atoms with van der Waals surface area (Å²) in [4.78, 5) is 39.1. The van der Waals surface area contributed by atoms with Gasteiger partial charge in [-0.25, -0.2) is 0 Å². The summed E-state index contributed by atoms with van der Waals surface area (Å²) in [5, 5.41) is 5.79. The van der Waals surface area contributed by atoms with Gasteiger partial charge in [-0.3, -0.25) is 14.4 Å². The van der Waals surface area contributed by atoms with Crippen molar-refractivity contribution in [1.29, 1.82) is 0 Å². The number of thiophene rings is 1. The van der Waals surface area contributed by atoms with Gasteiger partial charge in [0.05, 0.1) is 8.66 Å². The minimum absolute atomic E-state index is 0.00184.